The van der Waals surface area contributed by atoms with Crippen LogP contribution < -0.4 is 0 Å². The molecule has 1 aromatic rings. The van der Waals surface area contributed by atoms with Crippen molar-refractivity contribution in [3.8, 4) is 0 Å². The molecule has 3 nitrogen and oxygen atoms in total. The van der Waals surface area contributed by atoms with E-state index in [4.69, 9.17) is 9.15 Å². The molecule has 1 aromatic heterocycles. The van der Waals surface area contributed by atoms with Crippen LogP contribution >= 0.6 is 0 Å². The Balaban J connectivity index is 2.20. The fourth-order valence-electron chi connectivity index (χ4n) is 1.77. The summed E-state index contributed by atoms with van der Waals surface area (Å²) in [4.78, 5) is 10.8. The number of hydrogen-bond donors (Lipinski definition) is 0. The van der Waals surface area contributed by atoms with E-state index in [1.165, 1.54) is 6.92 Å². The molecule has 1 aliphatic rings. The maximum absolute atomic E-state index is 10.8. The van der Waals surface area contributed by atoms with E-state index in [2.05, 4.69) is 0 Å². The summed E-state index contributed by atoms with van der Waals surface area (Å²) in [5, 5.41) is 0. The fraction of sp³-hybridized carbons (Fsp3) is 0.500. The van der Waals surface area contributed by atoms with Crippen LogP contribution in [-0.2, 0) is 16.0 Å². The van der Waals surface area contributed by atoms with Crippen molar-refractivity contribution in [2.75, 3.05) is 0 Å². The van der Waals surface area contributed by atoms with Crippen LogP contribution in [0.15, 0.2) is 16.7 Å². The highest BCUT2D eigenvalue weighted by molar-refractivity contribution is 5.66. The zero-order valence-corrected chi connectivity index (χ0v) is 7.58. The second-order valence-corrected chi connectivity index (χ2v) is 3.29. The number of rotatable bonds is 1. The second kappa shape index (κ2) is 3.24. The summed E-state index contributed by atoms with van der Waals surface area (Å²) in [6, 6.07) is 1.89. The first-order chi connectivity index (χ1) is 6.27. The quantitative estimate of drug-likeness (QED) is 0.622. The van der Waals surface area contributed by atoms with Gasteiger partial charge in [0, 0.05) is 18.9 Å². The number of carbonyl (C=O) groups is 1. The zero-order chi connectivity index (χ0) is 9.26. The van der Waals surface area contributed by atoms with Gasteiger partial charge in [-0.3, -0.25) is 4.79 Å². The highest BCUT2D eigenvalue weighted by Gasteiger charge is 2.24. The molecule has 2 rings (SSSR count). The Hall–Kier alpha value is -1.25. The molecule has 0 saturated carbocycles. The lowest BCUT2D eigenvalue weighted by atomic mass is 9.96. The van der Waals surface area contributed by atoms with Crippen molar-refractivity contribution in [3.63, 3.8) is 0 Å². The molecule has 0 amide bonds. The van der Waals surface area contributed by atoms with Gasteiger partial charge in [-0.05, 0) is 18.9 Å². The topological polar surface area (TPSA) is 39.4 Å². The molecule has 0 spiro atoms. The van der Waals surface area contributed by atoms with E-state index in [0.717, 1.165) is 30.6 Å². The van der Waals surface area contributed by atoms with Gasteiger partial charge in [0.2, 0.25) is 0 Å². The van der Waals surface area contributed by atoms with E-state index in [1.54, 1.807) is 6.26 Å². The highest BCUT2D eigenvalue weighted by Crippen LogP contribution is 2.32. The van der Waals surface area contributed by atoms with Crippen LogP contribution in [0.1, 0.15) is 37.2 Å². The van der Waals surface area contributed by atoms with Gasteiger partial charge in [0.15, 0.2) is 0 Å². The van der Waals surface area contributed by atoms with Crippen molar-refractivity contribution in [1.82, 2.24) is 0 Å². The number of hydrogen-bond acceptors (Lipinski definition) is 3. The monoisotopic (exact) mass is 180 g/mol. The molecule has 1 heterocycles. The molecular formula is C10H12O3. The predicted molar refractivity (Wildman–Crippen MR) is 46.2 cm³/mol. The van der Waals surface area contributed by atoms with Crippen LogP contribution in [0.3, 0.4) is 0 Å². The fourth-order valence-corrected chi connectivity index (χ4v) is 1.77. The average Bonchev–Trinajstić information content (AvgIpc) is 2.51. The largest absolute Gasteiger partial charge is 0.469 e. The van der Waals surface area contributed by atoms with E-state index in [9.17, 15) is 4.79 Å². The van der Waals surface area contributed by atoms with E-state index in [-0.39, 0.29) is 12.1 Å². The molecule has 0 saturated heterocycles. The highest BCUT2D eigenvalue weighted by atomic mass is 16.5. The Kier molecular flexibility index (Phi) is 2.08. The van der Waals surface area contributed by atoms with Gasteiger partial charge in [0.25, 0.3) is 0 Å². The molecular weight excluding hydrogens is 168 g/mol. The minimum absolute atomic E-state index is 0.0833. The van der Waals surface area contributed by atoms with Crippen molar-refractivity contribution in [2.24, 2.45) is 0 Å². The lowest BCUT2D eigenvalue weighted by molar-refractivity contribution is -0.147. The molecule has 1 aliphatic carbocycles. The molecule has 0 bridgehead atoms. The molecule has 13 heavy (non-hydrogen) atoms. The third-order valence-corrected chi connectivity index (χ3v) is 2.31. The molecule has 0 fully saturated rings. The Morgan fingerprint density at radius 3 is 3.31 bits per heavy atom. The summed E-state index contributed by atoms with van der Waals surface area (Å²) in [5.74, 6) is 0.747. The Morgan fingerprint density at radius 2 is 2.54 bits per heavy atom. The van der Waals surface area contributed by atoms with Crippen molar-refractivity contribution in [2.45, 2.75) is 32.3 Å². The summed E-state index contributed by atoms with van der Waals surface area (Å²) >= 11 is 0. The molecule has 0 aliphatic heterocycles. The van der Waals surface area contributed by atoms with E-state index in [1.807, 2.05) is 6.07 Å². The van der Waals surface area contributed by atoms with Crippen LogP contribution in [0.25, 0.3) is 0 Å². The summed E-state index contributed by atoms with van der Waals surface area (Å²) in [6.45, 7) is 1.44. The van der Waals surface area contributed by atoms with Crippen LogP contribution in [-0.4, -0.2) is 5.97 Å². The minimum Gasteiger partial charge on any atom is -0.469 e. The van der Waals surface area contributed by atoms with Crippen LogP contribution in [0.2, 0.25) is 0 Å². The molecule has 0 N–H and O–H groups in total. The first-order valence-corrected chi connectivity index (χ1v) is 4.51. The number of aryl methyl sites for hydroxylation is 1. The molecule has 0 aromatic carbocycles. The standard InChI is InChI=1S/C10H12O3/c1-7(11)13-10-4-2-3-9-8(10)5-6-12-9/h5-6,10H,2-4H2,1H3. The first-order valence-electron chi connectivity index (χ1n) is 4.51. The van der Waals surface area contributed by atoms with Crippen molar-refractivity contribution in [3.05, 3.63) is 23.7 Å². The summed E-state index contributed by atoms with van der Waals surface area (Å²) in [7, 11) is 0. The third kappa shape index (κ3) is 1.59. The second-order valence-electron chi connectivity index (χ2n) is 3.29. The van der Waals surface area contributed by atoms with Gasteiger partial charge in [0.05, 0.1) is 6.26 Å². The number of furan rings is 1. The number of ether oxygens (including phenoxy) is 1. The third-order valence-electron chi connectivity index (χ3n) is 2.31. The van der Waals surface area contributed by atoms with Crippen molar-refractivity contribution < 1.29 is 13.9 Å². The minimum atomic E-state index is -0.223. The van der Waals surface area contributed by atoms with Crippen LogP contribution in [0.4, 0.5) is 0 Å². The number of esters is 1. The Morgan fingerprint density at radius 1 is 1.69 bits per heavy atom. The van der Waals surface area contributed by atoms with Crippen LogP contribution in [0.5, 0.6) is 0 Å². The predicted octanol–water partition coefficient (Wildman–Crippen LogP) is 2.22. The van der Waals surface area contributed by atoms with E-state index < -0.39 is 0 Å². The first kappa shape index (κ1) is 8.35. The van der Waals surface area contributed by atoms with Gasteiger partial charge < -0.3 is 9.15 Å². The molecule has 3 heteroatoms. The summed E-state index contributed by atoms with van der Waals surface area (Å²) in [5.41, 5.74) is 1.04. The number of carbonyl (C=O) groups excluding carboxylic acids is 1. The molecule has 70 valence electrons. The SMILES string of the molecule is CC(=O)OC1CCCc2occc21. The van der Waals surface area contributed by atoms with Gasteiger partial charge in [-0.1, -0.05) is 0 Å². The van der Waals surface area contributed by atoms with Crippen molar-refractivity contribution >= 4 is 5.97 Å². The molecule has 0 radical (unpaired) electrons. The van der Waals surface area contributed by atoms with Crippen LogP contribution in [0, 0.1) is 0 Å². The maximum atomic E-state index is 10.8. The molecule has 1 atom stereocenters. The van der Waals surface area contributed by atoms with Gasteiger partial charge >= 0.3 is 5.97 Å². The number of fused-ring (bicyclic) bond motifs is 1. The summed E-state index contributed by atoms with van der Waals surface area (Å²) < 4.78 is 10.5. The van der Waals surface area contributed by atoms with E-state index in [0.29, 0.717) is 0 Å². The normalized spacial score (nSPS) is 20.8. The van der Waals surface area contributed by atoms with Gasteiger partial charge in [0.1, 0.15) is 11.9 Å². The van der Waals surface area contributed by atoms with Gasteiger partial charge in [-0.25, -0.2) is 0 Å². The lowest BCUT2D eigenvalue weighted by Crippen LogP contribution is -2.13. The zero-order valence-electron chi connectivity index (χ0n) is 7.58. The lowest BCUT2D eigenvalue weighted by Gasteiger charge is -2.20. The average molecular weight is 180 g/mol. The van der Waals surface area contributed by atoms with E-state index >= 15 is 0 Å². The van der Waals surface area contributed by atoms with Crippen molar-refractivity contribution in [1.29, 1.82) is 0 Å². The van der Waals surface area contributed by atoms with Gasteiger partial charge in [-0.2, -0.15) is 0 Å². The molecule has 1 unspecified atom stereocenters. The summed E-state index contributed by atoms with van der Waals surface area (Å²) in [6.07, 6.45) is 4.47. The van der Waals surface area contributed by atoms with Gasteiger partial charge in [-0.15, -0.1) is 0 Å². The smallest absolute Gasteiger partial charge is 0.303 e. The maximum Gasteiger partial charge on any atom is 0.303 e. The Bertz CT molecular complexity index is 314. The Labute approximate surface area is 76.7 Å².